The molecule has 0 fully saturated rings. The Morgan fingerprint density at radius 2 is 2.24 bits per heavy atom. The van der Waals surface area contributed by atoms with Gasteiger partial charge < -0.3 is 4.84 Å². The van der Waals surface area contributed by atoms with E-state index in [-0.39, 0.29) is 11.4 Å². The molecule has 0 amide bonds. The molecule has 1 aliphatic rings. The largest absolute Gasteiger partial charge is 0.331 e. The Morgan fingerprint density at radius 1 is 1.40 bits per heavy atom. The number of rotatable bonds is 4. The molecule has 128 valence electrons. The van der Waals surface area contributed by atoms with Crippen molar-refractivity contribution in [1.29, 1.82) is 0 Å². The first-order valence-electron chi connectivity index (χ1n) is 7.19. The number of aromatic nitrogens is 2. The van der Waals surface area contributed by atoms with Crippen molar-refractivity contribution in [2.75, 3.05) is 5.43 Å². The Kier molecular flexibility index (Phi) is 4.46. The zero-order chi connectivity index (χ0) is 17.8. The SMILES string of the molecule is CC(=O)ON=C1CCc2nonc2C1=NNc1cccc([N+](=O)[O-])c1. The fraction of sp³-hybridized carbons (Fsp3) is 0.214. The molecule has 0 bridgehead atoms. The van der Waals surface area contributed by atoms with Crippen LogP contribution in [0.5, 0.6) is 0 Å². The number of benzene rings is 1. The summed E-state index contributed by atoms with van der Waals surface area (Å²) < 4.78 is 4.71. The number of nitrogens with zero attached hydrogens (tertiary/aromatic N) is 5. The topological polar surface area (TPSA) is 145 Å². The third-order valence-corrected chi connectivity index (χ3v) is 3.29. The summed E-state index contributed by atoms with van der Waals surface area (Å²) in [6.07, 6.45) is 0.929. The number of aryl methyl sites for hydroxylation is 1. The highest BCUT2D eigenvalue weighted by Crippen LogP contribution is 2.20. The second kappa shape index (κ2) is 6.86. The first kappa shape index (κ1) is 16.2. The molecule has 11 nitrogen and oxygen atoms in total. The molecule has 0 atom stereocenters. The smallest absolute Gasteiger partial charge is 0.318 e. The Labute approximate surface area is 140 Å². The van der Waals surface area contributed by atoms with Gasteiger partial charge in [-0.05, 0) is 11.2 Å². The summed E-state index contributed by atoms with van der Waals surface area (Å²) in [5.74, 6) is -0.567. The number of oxime groups is 1. The van der Waals surface area contributed by atoms with E-state index in [4.69, 9.17) is 4.63 Å². The quantitative estimate of drug-likeness (QED) is 0.500. The van der Waals surface area contributed by atoms with Crippen LogP contribution in [0, 0.1) is 10.1 Å². The molecular weight excluding hydrogens is 332 g/mol. The lowest BCUT2D eigenvalue weighted by atomic mass is 9.97. The van der Waals surface area contributed by atoms with Gasteiger partial charge in [0.2, 0.25) is 0 Å². The van der Waals surface area contributed by atoms with Crippen molar-refractivity contribution in [3.05, 3.63) is 45.8 Å². The molecule has 0 aliphatic heterocycles. The predicted octanol–water partition coefficient (Wildman–Crippen LogP) is 1.66. The van der Waals surface area contributed by atoms with Gasteiger partial charge in [0.05, 0.1) is 10.6 Å². The Hall–Kier alpha value is -3.63. The maximum atomic E-state index is 11.0. The molecule has 1 aromatic heterocycles. The molecule has 0 saturated heterocycles. The molecule has 0 unspecified atom stereocenters. The molecule has 0 radical (unpaired) electrons. The summed E-state index contributed by atoms with van der Waals surface area (Å²) in [5.41, 5.74) is 4.68. The average Bonchev–Trinajstić information content (AvgIpc) is 3.07. The maximum Gasteiger partial charge on any atom is 0.331 e. The van der Waals surface area contributed by atoms with Gasteiger partial charge in [-0.25, -0.2) is 9.42 Å². The van der Waals surface area contributed by atoms with E-state index in [2.05, 4.69) is 30.8 Å². The van der Waals surface area contributed by atoms with Crippen molar-refractivity contribution in [3.63, 3.8) is 0 Å². The summed E-state index contributed by atoms with van der Waals surface area (Å²) in [5, 5.41) is 26.4. The van der Waals surface area contributed by atoms with Crippen LogP contribution in [0.3, 0.4) is 0 Å². The third-order valence-electron chi connectivity index (χ3n) is 3.29. The lowest BCUT2D eigenvalue weighted by molar-refractivity contribution is -0.384. The number of nitro benzene ring substituents is 1. The summed E-state index contributed by atoms with van der Waals surface area (Å²) >= 11 is 0. The van der Waals surface area contributed by atoms with E-state index in [1.807, 2.05) is 0 Å². The highest BCUT2D eigenvalue weighted by Gasteiger charge is 2.28. The number of fused-ring (bicyclic) bond motifs is 1. The van der Waals surface area contributed by atoms with Gasteiger partial charge in [-0.2, -0.15) is 5.10 Å². The van der Waals surface area contributed by atoms with Gasteiger partial charge in [0.1, 0.15) is 17.1 Å². The van der Waals surface area contributed by atoms with E-state index in [0.717, 1.165) is 0 Å². The molecule has 1 heterocycles. The van der Waals surface area contributed by atoms with Crippen LogP contribution < -0.4 is 5.43 Å². The normalized spacial score (nSPS) is 16.5. The van der Waals surface area contributed by atoms with Crippen LogP contribution in [0.1, 0.15) is 24.7 Å². The molecule has 0 saturated carbocycles. The van der Waals surface area contributed by atoms with E-state index >= 15 is 0 Å². The van der Waals surface area contributed by atoms with Gasteiger partial charge in [-0.3, -0.25) is 15.5 Å². The number of hydrogen-bond acceptors (Lipinski definition) is 10. The van der Waals surface area contributed by atoms with E-state index in [9.17, 15) is 14.9 Å². The molecule has 1 aromatic carbocycles. The minimum Gasteiger partial charge on any atom is -0.318 e. The van der Waals surface area contributed by atoms with Crippen LogP contribution >= 0.6 is 0 Å². The van der Waals surface area contributed by atoms with Crippen molar-refractivity contribution in [3.8, 4) is 0 Å². The molecule has 1 N–H and O–H groups in total. The highest BCUT2D eigenvalue weighted by atomic mass is 16.7. The number of nitro groups is 1. The summed E-state index contributed by atoms with van der Waals surface area (Å²) in [4.78, 5) is 26.0. The molecular formula is C14H12N6O5. The zero-order valence-electron chi connectivity index (χ0n) is 13.0. The molecule has 1 aliphatic carbocycles. The predicted molar refractivity (Wildman–Crippen MR) is 85.1 cm³/mol. The van der Waals surface area contributed by atoms with Crippen LogP contribution in [-0.4, -0.2) is 32.6 Å². The monoisotopic (exact) mass is 344 g/mol. The molecule has 2 aromatic rings. The second-order valence-corrected chi connectivity index (χ2v) is 5.06. The first-order valence-corrected chi connectivity index (χ1v) is 7.19. The van der Waals surface area contributed by atoms with Crippen LogP contribution in [0.2, 0.25) is 0 Å². The molecule has 11 heteroatoms. The number of anilines is 1. The van der Waals surface area contributed by atoms with Crippen LogP contribution in [0.4, 0.5) is 11.4 Å². The lowest BCUT2D eigenvalue weighted by Crippen LogP contribution is -2.25. The van der Waals surface area contributed by atoms with Crippen LogP contribution in [0.25, 0.3) is 0 Å². The number of hydrogen-bond donors (Lipinski definition) is 1. The number of nitrogens with one attached hydrogen (secondary N) is 1. The lowest BCUT2D eigenvalue weighted by Gasteiger charge is -2.12. The van der Waals surface area contributed by atoms with Crippen molar-refractivity contribution in [1.82, 2.24) is 10.3 Å². The Balaban J connectivity index is 1.92. The van der Waals surface area contributed by atoms with Gasteiger partial charge >= 0.3 is 5.97 Å². The van der Waals surface area contributed by atoms with Gasteiger partial charge in [0, 0.05) is 31.9 Å². The maximum absolute atomic E-state index is 11.0. The minimum atomic E-state index is -0.567. The number of carbonyl (C=O) groups excluding carboxylic acids is 1. The Bertz CT molecular complexity index is 887. The van der Waals surface area contributed by atoms with Gasteiger partial charge in [0.15, 0.2) is 5.69 Å². The van der Waals surface area contributed by atoms with Gasteiger partial charge in [0.25, 0.3) is 5.69 Å². The summed E-state index contributed by atoms with van der Waals surface area (Å²) in [7, 11) is 0. The van der Waals surface area contributed by atoms with E-state index in [1.165, 1.54) is 25.1 Å². The van der Waals surface area contributed by atoms with E-state index < -0.39 is 10.9 Å². The average molecular weight is 344 g/mol. The number of non-ortho nitro benzene ring substituents is 1. The van der Waals surface area contributed by atoms with Gasteiger partial charge in [-0.1, -0.05) is 16.4 Å². The van der Waals surface area contributed by atoms with E-state index in [0.29, 0.717) is 35.6 Å². The van der Waals surface area contributed by atoms with Gasteiger partial charge in [-0.15, -0.1) is 0 Å². The third kappa shape index (κ3) is 3.65. The molecule has 25 heavy (non-hydrogen) atoms. The fourth-order valence-electron chi connectivity index (χ4n) is 2.18. The zero-order valence-corrected chi connectivity index (χ0v) is 13.0. The standard InChI is InChI=1S/C14H12N6O5/c1-8(21)24-17-11-5-6-12-14(19-25-18-12)13(11)16-15-9-3-2-4-10(7-9)20(22)23/h2-4,7,15H,5-6H2,1H3. The number of carbonyl (C=O) groups is 1. The number of hydrazone groups is 1. The summed E-state index contributed by atoms with van der Waals surface area (Å²) in [6, 6.07) is 5.84. The summed E-state index contributed by atoms with van der Waals surface area (Å²) in [6.45, 7) is 1.23. The van der Waals surface area contributed by atoms with Crippen LogP contribution in [-0.2, 0) is 16.1 Å². The first-order chi connectivity index (χ1) is 12.0. The Morgan fingerprint density at radius 3 is 3.00 bits per heavy atom. The van der Waals surface area contributed by atoms with Crippen LogP contribution in [0.15, 0.2) is 39.2 Å². The fourth-order valence-corrected chi connectivity index (χ4v) is 2.18. The van der Waals surface area contributed by atoms with Crippen molar-refractivity contribution >= 4 is 28.8 Å². The second-order valence-electron chi connectivity index (χ2n) is 5.06. The van der Waals surface area contributed by atoms with Crippen molar-refractivity contribution in [2.45, 2.75) is 19.8 Å². The highest BCUT2D eigenvalue weighted by molar-refractivity contribution is 6.48. The molecule has 0 spiro atoms. The van der Waals surface area contributed by atoms with Crippen molar-refractivity contribution in [2.24, 2.45) is 10.3 Å². The van der Waals surface area contributed by atoms with Crippen molar-refractivity contribution < 1.29 is 19.2 Å². The van der Waals surface area contributed by atoms with E-state index in [1.54, 1.807) is 6.07 Å². The minimum absolute atomic E-state index is 0.0774. The molecule has 3 rings (SSSR count).